The molecule has 0 atom stereocenters. The molecule has 1 aromatic heterocycles. The largest absolute Gasteiger partial charge is 0.305 e. The van der Waals surface area contributed by atoms with Crippen molar-refractivity contribution in [3.05, 3.63) is 33.6 Å². The highest BCUT2D eigenvalue weighted by atomic mass is 16.6. The molecular formula is C8H4N4O2. The van der Waals surface area contributed by atoms with Crippen molar-refractivity contribution in [3.8, 4) is 12.1 Å². The number of rotatable bonds is 2. The van der Waals surface area contributed by atoms with Crippen molar-refractivity contribution in [1.29, 1.82) is 10.5 Å². The van der Waals surface area contributed by atoms with Crippen molar-refractivity contribution in [3.63, 3.8) is 0 Å². The molecule has 1 aromatic rings. The van der Waals surface area contributed by atoms with E-state index in [2.05, 4.69) is 4.98 Å². The van der Waals surface area contributed by atoms with Gasteiger partial charge in [0.1, 0.15) is 6.07 Å². The molecule has 0 fully saturated rings. The second kappa shape index (κ2) is 3.97. The van der Waals surface area contributed by atoms with E-state index in [1.54, 1.807) is 6.07 Å². The Balaban J connectivity index is 3.21. The van der Waals surface area contributed by atoms with Gasteiger partial charge in [0.2, 0.25) is 5.69 Å². The van der Waals surface area contributed by atoms with E-state index in [-0.39, 0.29) is 17.8 Å². The fourth-order valence-electron chi connectivity index (χ4n) is 0.901. The van der Waals surface area contributed by atoms with Crippen molar-refractivity contribution in [2.45, 2.75) is 6.42 Å². The molecule has 14 heavy (non-hydrogen) atoms. The third kappa shape index (κ3) is 1.82. The van der Waals surface area contributed by atoms with Gasteiger partial charge in [-0.15, -0.1) is 0 Å². The summed E-state index contributed by atoms with van der Waals surface area (Å²) in [7, 11) is 0. The maximum atomic E-state index is 10.4. The molecule has 1 rings (SSSR count). The van der Waals surface area contributed by atoms with Gasteiger partial charge in [-0.25, -0.2) is 4.98 Å². The monoisotopic (exact) mass is 188 g/mol. The van der Waals surface area contributed by atoms with E-state index in [1.165, 1.54) is 12.1 Å². The summed E-state index contributed by atoms with van der Waals surface area (Å²) in [6.45, 7) is 0. The first-order valence-electron chi connectivity index (χ1n) is 3.60. The number of nitriles is 2. The Morgan fingerprint density at radius 2 is 2.21 bits per heavy atom. The fourth-order valence-corrected chi connectivity index (χ4v) is 0.901. The van der Waals surface area contributed by atoms with Gasteiger partial charge in [-0.3, -0.25) is 10.1 Å². The normalized spacial score (nSPS) is 8.71. The van der Waals surface area contributed by atoms with Crippen molar-refractivity contribution in [2.24, 2.45) is 0 Å². The third-order valence-corrected chi connectivity index (χ3v) is 1.49. The SMILES string of the molecule is N#CCc1ccc([N+](=O)[O-])c(C#N)n1. The molecule has 0 aromatic carbocycles. The van der Waals surface area contributed by atoms with Gasteiger partial charge in [0.05, 0.1) is 23.1 Å². The van der Waals surface area contributed by atoms with Gasteiger partial charge < -0.3 is 0 Å². The molecule has 0 aliphatic carbocycles. The summed E-state index contributed by atoms with van der Waals surface area (Å²) in [5.41, 5.74) is -0.244. The fraction of sp³-hybridized carbons (Fsp3) is 0.125. The Morgan fingerprint density at radius 1 is 1.50 bits per heavy atom. The smallest absolute Gasteiger partial charge is 0.258 e. The predicted molar refractivity (Wildman–Crippen MR) is 44.9 cm³/mol. The predicted octanol–water partition coefficient (Wildman–Crippen LogP) is 0.928. The van der Waals surface area contributed by atoms with Crippen molar-refractivity contribution in [2.75, 3.05) is 0 Å². The van der Waals surface area contributed by atoms with Gasteiger partial charge >= 0.3 is 5.69 Å². The maximum absolute atomic E-state index is 10.4. The second-order valence-electron chi connectivity index (χ2n) is 2.37. The molecule has 6 heteroatoms. The van der Waals surface area contributed by atoms with E-state index in [0.29, 0.717) is 5.69 Å². The first-order valence-corrected chi connectivity index (χ1v) is 3.60. The van der Waals surface area contributed by atoms with Crippen LogP contribution in [0.25, 0.3) is 0 Å². The number of pyridine rings is 1. The number of nitrogens with zero attached hydrogens (tertiary/aromatic N) is 4. The lowest BCUT2D eigenvalue weighted by Crippen LogP contribution is -1.98. The molecule has 68 valence electrons. The average molecular weight is 188 g/mol. The van der Waals surface area contributed by atoms with Crippen LogP contribution in [0.1, 0.15) is 11.4 Å². The Morgan fingerprint density at radius 3 is 2.71 bits per heavy atom. The van der Waals surface area contributed by atoms with Gasteiger partial charge in [-0.05, 0) is 6.07 Å². The van der Waals surface area contributed by atoms with Crippen molar-refractivity contribution >= 4 is 5.69 Å². The molecule has 6 nitrogen and oxygen atoms in total. The van der Waals surface area contributed by atoms with Crippen LogP contribution in [0.3, 0.4) is 0 Å². The summed E-state index contributed by atoms with van der Waals surface area (Å²) in [6, 6.07) is 6.00. The molecule has 0 saturated carbocycles. The van der Waals surface area contributed by atoms with Gasteiger partial charge in [0.25, 0.3) is 0 Å². The zero-order valence-electron chi connectivity index (χ0n) is 6.97. The highest BCUT2D eigenvalue weighted by Gasteiger charge is 2.14. The van der Waals surface area contributed by atoms with Crippen LogP contribution in [0.2, 0.25) is 0 Å². The average Bonchev–Trinajstić information content (AvgIpc) is 2.17. The van der Waals surface area contributed by atoms with Crippen LogP contribution >= 0.6 is 0 Å². The van der Waals surface area contributed by atoms with Gasteiger partial charge in [-0.1, -0.05) is 0 Å². The van der Waals surface area contributed by atoms with E-state index in [1.807, 2.05) is 6.07 Å². The maximum Gasteiger partial charge on any atom is 0.305 e. The molecule has 0 saturated heterocycles. The Kier molecular flexibility index (Phi) is 2.72. The molecule has 0 amide bonds. The van der Waals surface area contributed by atoms with Crippen LogP contribution in [0.5, 0.6) is 0 Å². The molecule has 0 spiro atoms. The van der Waals surface area contributed by atoms with Crippen molar-refractivity contribution in [1.82, 2.24) is 4.98 Å². The minimum absolute atomic E-state index is 0.0344. The van der Waals surface area contributed by atoms with Crippen LogP contribution in [-0.2, 0) is 6.42 Å². The van der Waals surface area contributed by atoms with E-state index in [0.717, 1.165) is 0 Å². The summed E-state index contributed by atoms with van der Waals surface area (Å²) in [5.74, 6) is 0. The minimum atomic E-state index is -0.679. The van der Waals surface area contributed by atoms with Gasteiger partial charge in [-0.2, -0.15) is 10.5 Å². The summed E-state index contributed by atoms with van der Waals surface area (Å²) in [4.78, 5) is 13.4. The van der Waals surface area contributed by atoms with Crippen LogP contribution in [0, 0.1) is 32.8 Å². The molecule has 0 bridgehead atoms. The zero-order valence-corrected chi connectivity index (χ0v) is 6.97. The lowest BCUT2D eigenvalue weighted by Gasteiger charge is -1.95. The topological polar surface area (TPSA) is 104 Å². The Labute approximate surface area is 79.2 Å². The second-order valence-corrected chi connectivity index (χ2v) is 2.37. The van der Waals surface area contributed by atoms with Gasteiger partial charge in [0, 0.05) is 6.07 Å². The molecule has 1 heterocycles. The third-order valence-electron chi connectivity index (χ3n) is 1.49. The molecular weight excluding hydrogens is 184 g/mol. The molecule has 0 aliphatic rings. The number of hydrogen-bond acceptors (Lipinski definition) is 5. The number of nitro groups is 1. The minimum Gasteiger partial charge on any atom is -0.258 e. The van der Waals surface area contributed by atoms with E-state index < -0.39 is 4.92 Å². The van der Waals surface area contributed by atoms with Crippen molar-refractivity contribution < 1.29 is 4.92 Å². The van der Waals surface area contributed by atoms with E-state index in [9.17, 15) is 10.1 Å². The lowest BCUT2D eigenvalue weighted by atomic mass is 10.2. The van der Waals surface area contributed by atoms with Crippen LogP contribution in [0.15, 0.2) is 12.1 Å². The first-order chi connectivity index (χ1) is 6.69. The highest BCUT2D eigenvalue weighted by molar-refractivity contribution is 5.44. The summed E-state index contributed by atoms with van der Waals surface area (Å²) < 4.78 is 0. The van der Waals surface area contributed by atoms with Crippen LogP contribution in [0.4, 0.5) is 5.69 Å². The zero-order chi connectivity index (χ0) is 10.6. The van der Waals surface area contributed by atoms with E-state index >= 15 is 0 Å². The molecule has 0 radical (unpaired) electrons. The summed E-state index contributed by atoms with van der Waals surface area (Å²) in [6.07, 6.45) is 0.0344. The standard InChI is InChI=1S/C8H4N4O2/c9-4-3-6-1-2-8(12(13)14)7(5-10)11-6/h1-2H,3H2. The lowest BCUT2D eigenvalue weighted by molar-refractivity contribution is -0.385. The van der Waals surface area contributed by atoms with Crippen LogP contribution in [-0.4, -0.2) is 9.91 Å². The number of aromatic nitrogens is 1. The first kappa shape index (κ1) is 9.62. The molecule has 0 unspecified atom stereocenters. The number of hydrogen-bond donors (Lipinski definition) is 0. The molecule has 0 N–H and O–H groups in total. The highest BCUT2D eigenvalue weighted by Crippen LogP contribution is 2.15. The van der Waals surface area contributed by atoms with Crippen LogP contribution < -0.4 is 0 Å². The summed E-state index contributed by atoms with van der Waals surface area (Å²) >= 11 is 0. The Bertz CT molecular complexity index is 455. The van der Waals surface area contributed by atoms with E-state index in [4.69, 9.17) is 10.5 Å². The summed E-state index contributed by atoms with van der Waals surface area (Å²) in [5, 5.41) is 27.3. The van der Waals surface area contributed by atoms with Gasteiger partial charge in [0.15, 0.2) is 0 Å². The Hall–Kier alpha value is -2.47. The quantitative estimate of drug-likeness (QED) is 0.507. The molecule has 0 aliphatic heterocycles.